The maximum atomic E-state index is 5.19. The first-order valence-electron chi connectivity index (χ1n) is 7.73. The molecule has 1 N–H and O–H groups in total. The van der Waals surface area contributed by atoms with Crippen LogP contribution in [0.3, 0.4) is 0 Å². The molecule has 0 heterocycles. The van der Waals surface area contributed by atoms with E-state index in [1.165, 1.54) is 24.0 Å². The third-order valence-electron chi connectivity index (χ3n) is 3.89. The first kappa shape index (κ1) is 15.5. The summed E-state index contributed by atoms with van der Waals surface area (Å²) in [6.45, 7) is 8.26. The van der Waals surface area contributed by atoms with Gasteiger partial charge in [0.15, 0.2) is 0 Å². The predicted molar refractivity (Wildman–Crippen MR) is 83.7 cm³/mol. The maximum Gasteiger partial charge on any atom is 0.0589 e. The van der Waals surface area contributed by atoms with E-state index >= 15 is 0 Å². The topological polar surface area (TPSA) is 24.5 Å². The minimum absolute atomic E-state index is 0.543. The third-order valence-corrected chi connectivity index (χ3v) is 3.89. The smallest absolute Gasteiger partial charge is 0.0589 e. The molecule has 1 aromatic rings. The first-order valence-corrected chi connectivity index (χ1v) is 7.73. The van der Waals surface area contributed by atoms with Crippen LogP contribution in [0.5, 0.6) is 0 Å². The van der Waals surface area contributed by atoms with Crippen molar-refractivity contribution >= 4 is 0 Å². The summed E-state index contributed by atoms with van der Waals surface area (Å²) in [6.07, 6.45) is 2.70. The zero-order chi connectivity index (χ0) is 14.4. The Hall–Kier alpha value is -0.900. The quantitative estimate of drug-likeness (QED) is 0.750. The van der Waals surface area contributed by atoms with Gasteiger partial charge in [-0.15, -0.1) is 0 Å². The molecule has 20 heavy (non-hydrogen) atoms. The number of nitrogens with zero attached hydrogens (tertiary/aromatic N) is 1. The van der Waals surface area contributed by atoms with Gasteiger partial charge in [0, 0.05) is 38.8 Å². The van der Waals surface area contributed by atoms with Crippen LogP contribution in [-0.4, -0.2) is 37.2 Å². The van der Waals surface area contributed by atoms with E-state index in [1.807, 2.05) is 0 Å². The summed E-state index contributed by atoms with van der Waals surface area (Å²) in [6, 6.07) is 10.3. The zero-order valence-corrected chi connectivity index (χ0v) is 13.1. The van der Waals surface area contributed by atoms with E-state index in [0.717, 1.165) is 32.3 Å². The molecule has 0 bridgehead atoms. The van der Waals surface area contributed by atoms with E-state index < -0.39 is 0 Å². The summed E-state index contributed by atoms with van der Waals surface area (Å²) in [4.78, 5) is 2.45. The van der Waals surface area contributed by atoms with Crippen LogP contribution in [0.15, 0.2) is 24.3 Å². The molecule has 0 saturated heterocycles. The molecular weight excluding hydrogens is 248 g/mol. The number of hydrogen-bond acceptors (Lipinski definition) is 3. The molecule has 1 aliphatic carbocycles. The number of nitrogens with one attached hydrogen (secondary N) is 1. The number of methoxy groups -OCH3 is 1. The van der Waals surface area contributed by atoms with Gasteiger partial charge in [0.05, 0.1) is 6.61 Å². The summed E-state index contributed by atoms with van der Waals surface area (Å²) in [5, 5.41) is 3.55. The molecule has 0 atom stereocenters. The van der Waals surface area contributed by atoms with Gasteiger partial charge in [0.1, 0.15) is 0 Å². The van der Waals surface area contributed by atoms with Gasteiger partial charge in [0.2, 0.25) is 0 Å². The van der Waals surface area contributed by atoms with Crippen molar-refractivity contribution in [3.05, 3.63) is 35.4 Å². The molecule has 2 rings (SSSR count). The van der Waals surface area contributed by atoms with Gasteiger partial charge in [-0.05, 0) is 37.8 Å². The van der Waals surface area contributed by atoms with Gasteiger partial charge in [-0.1, -0.05) is 24.3 Å². The molecule has 112 valence electrons. The fraction of sp³-hybridized carbons (Fsp3) is 0.647. The fourth-order valence-electron chi connectivity index (χ4n) is 2.28. The molecule has 0 aliphatic heterocycles. The van der Waals surface area contributed by atoms with Crippen molar-refractivity contribution in [1.29, 1.82) is 0 Å². The Labute approximate surface area is 123 Å². The van der Waals surface area contributed by atoms with Crippen LogP contribution in [-0.2, 0) is 17.8 Å². The Bertz CT molecular complexity index is 384. The molecule has 1 aliphatic rings. The molecule has 0 unspecified atom stereocenters. The summed E-state index contributed by atoms with van der Waals surface area (Å²) in [5.74, 6) is 0. The molecule has 0 radical (unpaired) electrons. The van der Waals surface area contributed by atoms with Crippen LogP contribution in [0.25, 0.3) is 0 Å². The number of benzene rings is 1. The third kappa shape index (κ3) is 5.23. The molecule has 3 heteroatoms. The van der Waals surface area contributed by atoms with Crippen LogP contribution in [0.4, 0.5) is 0 Å². The van der Waals surface area contributed by atoms with Crippen LogP contribution in [0.1, 0.15) is 37.8 Å². The van der Waals surface area contributed by atoms with Gasteiger partial charge in [-0.25, -0.2) is 0 Å². The minimum atomic E-state index is 0.543. The summed E-state index contributed by atoms with van der Waals surface area (Å²) < 4.78 is 5.19. The molecule has 0 amide bonds. The van der Waals surface area contributed by atoms with Crippen LogP contribution < -0.4 is 5.32 Å². The molecular formula is C17H28N2O. The van der Waals surface area contributed by atoms with Gasteiger partial charge in [-0.3, -0.25) is 4.90 Å². The van der Waals surface area contributed by atoms with Crippen molar-refractivity contribution in [1.82, 2.24) is 10.2 Å². The lowest BCUT2D eigenvalue weighted by molar-refractivity contribution is 0.125. The van der Waals surface area contributed by atoms with Gasteiger partial charge in [0.25, 0.3) is 0 Å². The van der Waals surface area contributed by atoms with Crippen molar-refractivity contribution in [2.24, 2.45) is 0 Å². The van der Waals surface area contributed by atoms with E-state index in [2.05, 4.69) is 48.3 Å². The summed E-state index contributed by atoms with van der Waals surface area (Å²) >= 11 is 0. The molecule has 1 saturated carbocycles. The van der Waals surface area contributed by atoms with E-state index in [-0.39, 0.29) is 0 Å². The number of rotatable bonds is 9. The fourth-order valence-corrected chi connectivity index (χ4v) is 2.28. The highest BCUT2D eigenvalue weighted by Crippen LogP contribution is 2.19. The molecule has 1 aromatic carbocycles. The average Bonchev–Trinajstić information content (AvgIpc) is 3.26. The number of hydrogen-bond donors (Lipinski definition) is 1. The standard InChI is InChI=1S/C17H28N2O/c1-14(2)19(10-11-20-3)13-16-6-4-15(5-7-16)12-18-17-8-9-17/h4-7,14,17-18H,8-13H2,1-3H3. The maximum absolute atomic E-state index is 5.19. The molecule has 1 fully saturated rings. The van der Waals surface area contributed by atoms with E-state index in [4.69, 9.17) is 4.74 Å². The van der Waals surface area contributed by atoms with Crippen molar-refractivity contribution in [3.8, 4) is 0 Å². The molecule has 0 spiro atoms. The van der Waals surface area contributed by atoms with E-state index in [0.29, 0.717) is 6.04 Å². The molecule has 3 nitrogen and oxygen atoms in total. The average molecular weight is 276 g/mol. The van der Waals surface area contributed by atoms with Crippen LogP contribution in [0, 0.1) is 0 Å². The van der Waals surface area contributed by atoms with Crippen LogP contribution in [0.2, 0.25) is 0 Å². The largest absolute Gasteiger partial charge is 0.383 e. The van der Waals surface area contributed by atoms with Crippen molar-refractivity contribution in [2.75, 3.05) is 20.3 Å². The second-order valence-corrected chi connectivity index (χ2v) is 6.03. The first-order chi connectivity index (χ1) is 9.69. The lowest BCUT2D eigenvalue weighted by Gasteiger charge is -2.26. The molecule has 0 aromatic heterocycles. The van der Waals surface area contributed by atoms with Crippen LogP contribution >= 0.6 is 0 Å². The SMILES string of the molecule is COCCN(Cc1ccc(CNC2CC2)cc1)C(C)C. The summed E-state index contributed by atoms with van der Waals surface area (Å²) in [7, 11) is 1.76. The van der Waals surface area contributed by atoms with Crippen molar-refractivity contribution in [2.45, 2.75) is 51.9 Å². The van der Waals surface area contributed by atoms with Gasteiger partial charge < -0.3 is 10.1 Å². The Morgan fingerprint density at radius 2 is 1.85 bits per heavy atom. The highest BCUT2D eigenvalue weighted by atomic mass is 16.5. The Morgan fingerprint density at radius 3 is 2.40 bits per heavy atom. The Balaban J connectivity index is 1.83. The van der Waals surface area contributed by atoms with E-state index in [1.54, 1.807) is 7.11 Å². The highest BCUT2D eigenvalue weighted by molar-refractivity contribution is 5.22. The minimum Gasteiger partial charge on any atom is -0.383 e. The van der Waals surface area contributed by atoms with Crippen molar-refractivity contribution < 1.29 is 4.74 Å². The zero-order valence-electron chi connectivity index (χ0n) is 13.1. The lowest BCUT2D eigenvalue weighted by atomic mass is 10.1. The Morgan fingerprint density at radius 1 is 1.20 bits per heavy atom. The highest BCUT2D eigenvalue weighted by Gasteiger charge is 2.19. The predicted octanol–water partition coefficient (Wildman–Crippen LogP) is 2.80. The normalized spacial score (nSPS) is 15.2. The second-order valence-electron chi connectivity index (χ2n) is 6.03. The summed E-state index contributed by atoms with van der Waals surface area (Å²) in [5.41, 5.74) is 2.76. The van der Waals surface area contributed by atoms with Gasteiger partial charge >= 0.3 is 0 Å². The monoisotopic (exact) mass is 276 g/mol. The Kier molecular flexibility index (Phi) is 6.02. The number of ether oxygens (including phenoxy) is 1. The van der Waals surface area contributed by atoms with Crippen molar-refractivity contribution in [3.63, 3.8) is 0 Å². The van der Waals surface area contributed by atoms with E-state index in [9.17, 15) is 0 Å². The second kappa shape index (κ2) is 7.77. The lowest BCUT2D eigenvalue weighted by Crippen LogP contribution is -2.33. The van der Waals surface area contributed by atoms with Gasteiger partial charge in [-0.2, -0.15) is 0 Å².